The Balaban J connectivity index is 2.45. The topological polar surface area (TPSA) is 79.4 Å². The quantitative estimate of drug-likeness (QED) is 0.823. The van der Waals surface area contributed by atoms with Crippen LogP contribution in [0.1, 0.15) is 26.6 Å². The Labute approximate surface area is 113 Å². The maximum atomic E-state index is 12.3. The minimum Gasteiger partial charge on any atom is -0.494 e. The lowest BCUT2D eigenvalue weighted by atomic mass is 10.1. The smallest absolute Gasteiger partial charge is 0.309 e. The molecule has 2 N–H and O–H groups in total. The van der Waals surface area contributed by atoms with Gasteiger partial charge < -0.3 is 14.8 Å². The maximum Gasteiger partial charge on any atom is 0.309 e. The number of carboxylic acid groups (broad SMARTS) is 1. The number of aromatic amines is 1. The van der Waals surface area contributed by atoms with Crippen molar-refractivity contribution in [2.75, 3.05) is 7.11 Å². The van der Waals surface area contributed by atoms with E-state index in [0.717, 1.165) is 0 Å². The fraction of sp³-hybridized carbons (Fsp3) is 0.231. The molecule has 2 aromatic heterocycles. The first-order chi connectivity index (χ1) is 9.04. The second kappa shape index (κ2) is 5.27. The van der Waals surface area contributed by atoms with Crippen LogP contribution in [0.15, 0.2) is 17.5 Å². The van der Waals surface area contributed by atoms with E-state index in [0.29, 0.717) is 27.6 Å². The first kappa shape index (κ1) is 13.4. The lowest BCUT2D eigenvalue weighted by molar-refractivity contribution is -0.136. The number of H-pyrrole nitrogens is 1. The van der Waals surface area contributed by atoms with Crippen LogP contribution < -0.4 is 4.74 Å². The summed E-state index contributed by atoms with van der Waals surface area (Å²) in [4.78, 5) is 26.5. The molecule has 0 aliphatic heterocycles. The van der Waals surface area contributed by atoms with E-state index in [1.54, 1.807) is 19.1 Å². The highest BCUT2D eigenvalue weighted by Crippen LogP contribution is 2.29. The minimum absolute atomic E-state index is 0.167. The molecule has 0 bridgehead atoms. The first-order valence-corrected chi connectivity index (χ1v) is 6.48. The van der Waals surface area contributed by atoms with Gasteiger partial charge in [0, 0.05) is 11.3 Å². The van der Waals surface area contributed by atoms with E-state index < -0.39 is 5.97 Å². The van der Waals surface area contributed by atoms with Gasteiger partial charge in [-0.25, -0.2) is 0 Å². The number of rotatable bonds is 5. The number of carbonyl (C=O) groups excluding carboxylic acids is 1. The van der Waals surface area contributed by atoms with Crippen molar-refractivity contribution >= 4 is 23.1 Å². The molecule has 2 heterocycles. The van der Waals surface area contributed by atoms with Crippen molar-refractivity contribution in [3.8, 4) is 5.75 Å². The van der Waals surface area contributed by atoms with Crippen LogP contribution in [0, 0.1) is 6.92 Å². The van der Waals surface area contributed by atoms with Crippen LogP contribution in [0.5, 0.6) is 5.75 Å². The second-order valence-electron chi connectivity index (χ2n) is 4.01. The SMILES string of the molecule is COc1c(C(=O)c2cccs2)[nH]c(CC(=O)O)c1C. The molecule has 0 aliphatic carbocycles. The second-order valence-corrected chi connectivity index (χ2v) is 4.96. The minimum atomic E-state index is -0.956. The Bertz CT molecular complexity index is 613. The molecule has 0 atom stereocenters. The summed E-state index contributed by atoms with van der Waals surface area (Å²) >= 11 is 1.33. The van der Waals surface area contributed by atoms with Crippen LogP contribution in [-0.4, -0.2) is 29.0 Å². The summed E-state index contributed by atoms with van der Waals surface area (Å²) in [7, 11) is 1.46. The van der Waals surface area contributed by atoms with Crippen molar-refractivity contribution in [2.24, 2.45) is 0 Å². The van der Waals surface area contributed by atoms with E-state index in [1.165, 1.54) is 18.4 Å². The number of hydrogen-bond donors (Lipinski definition) is 2. The molecule has 0 radical (unpaired) electrons. The van der Waals surface area contributed by atoms with Gasteiger partial charge in [-0.15, -0.1) is 11.3 Å². The third-order valence-electron chi connectivity index (χ3n) is 2.80. The molecule has 19 heavy (non-hydrogen) atoms. The van der Waals surface area contributed by atoms with Crippen LogP contribution in [0.4, 0.5) is 0 Å². The van der Waals surface area contributed by atoms with Crippen molar-refractivity contribution in [3.05, 3.63) is 39.3 Å². The van der Waals surface area contributed by atoms with Gasteiger partial charge in [0.15, 0.2) is 5.75 Å². The largest absolute Gasteiger partial charge is 0.494 e. The van der Waals surface area contributed by atoms with Gasteiger partial charge in [-0.05, 0) is 18.4 Å². The summed E-state index contributed by atoms with van der Waals surface area (Å²) in [6.45, 7) is 1.73. The number of carbonyl (C=O) groups is 2. The Kier molecular flexibility index (Phi) is 3.71. The monoisotopic (exact) mass is 279 g/mol. The standard InChI is InChI=1S/C13H13NO4S/c1-7-8(6-10(15)16)14-11(13(7)18-2)12(17)9-4-3-5-19-9/h3-5,14H,6H2,1-2H3,(H,15,16). The summed E-state index contributed by atoms with van der Waals surface area (Å²) in [5.74, 6) is -0.733. The Hall–Kier alpha value is -2.08. The lowest BCUT2D eigenvalue weighted by Crippen LogP contribution is -2.03. The predicted molar refractivity (Wildman–Crippen MR) is 71.2 cm³/mol. The van der Waals surface area contributed by atoms with Gasteiger partial charge in [0.05, 0.1) is 18.4 Å². The normalized spacial score (nSPS) is 10.4. The van der Waals surface area contributed by atoms with Gasteiger partial charge in [0.25, 0.3) is 0 Å². The number of hydrogen-bond acceptors (Lipinski definition) is 4. The van der Waals surface area contributed by atoms with Crippen molar-refractivity contribution in [2.45, 2.75) is 13.3 Å². The van der Waals surface area contributed by atoms with E-state index in [9.17, 15) is 9.59 Å². The molecule has 0 saturated heterocycles. The molecule has 0 amide bonds. The van der Waals surface area contributed by atoms with Gasteiger partial charge in [0.1, 0.15) is 5.69 Å². The Morgan fingerprint density at radius 3 is 2.74 bits per heavy atom. The molecule has 6 heteroatoms. The van der Waals surface area contributed by atoms with Gasteiger partial charge in [0.2, 0.25) is 5.78 Å². The van der Waals surface area contributed by atoms with Gasteiger partial charge in [-0.1, -0.05) is 6.07 Å². The van der Waals surface area contributed by atoms with E-state index in [4.69, 9.17) is 9.84 Å². The number of thiophene rings is 1. The molecule has 100 valence electrons. The summed E-state index contributed by atoms with van der Waals surface area (Å²) in [6, 6.07) is 3.51. The van der Waals surface area contributed by atoms with Crippen molar-refractivity contribution in [1.82, 2.24) is 4.98 Å². The van der Waals surface area contributed by atoms with E-state index in [-0.39, 0.29) is 12.2 Å². The number of carboxylic acids is 1. The number of methoxy groups -OCH3 is 1. The van der Waals surface area contributed by atoms with Crippen LogP contribution in [0.25, 0.3) is 0 Å². The van der Waals surface area contributed by atoms with Crippen LogP contribution >= 0.6 is 11.3 Å². The molecule has 2 rings (SSSR count). The highest BCUT2D eigenvalue weighted by molar-refractivity contribution is 7.12. The predicted octanol–water partition coefficient (Wildman–Crippen LogP) is 2.25. The fourth-order valence-electron chi connectivity index (χ4n) is 1.90. The van der Waals surface area contributed by atoms with E-state index in [2.05, 4.69) is 4.98 Å². The average Bonchev–Trinajstić information content (AvgIpc) is 2.97. The van der Waals surface area contributed by atoms with E-state index in [1.807, 2.05) is 5.38 Å². The zero-order chi connectivity index (χ0) is 14.0. The van der Waals surface area contributed by atoms with Crippen LogP contribution in [0.2, 0.25) is 0 Å². The fourth-order valence-corrected chi connectivity index (χ4v) is 2.57. The molecule has 0 aromatic carbocycles. The number of aliphatic carboxylic acids is 1. The molecule has 2 aromatic rings. The zero-order valence-electron chi connectivity index (χ0n) is 10.5. The third kappa shape index (κ3) is 2.53. The van der Waals surface area contributed by atoms with Crippen LogP contribution in [0.3, 0.4) is 0 Å². The van der Waals surface area contributed by atoms with E-state index >= 15 is 0 Å². The molecule has 0 fully saturated rings. The molecular weight excluding hydrogens is 266 g/mol. The Morgan fingerprint density at radius 2 is 2.21 bits per heavy atom. The highest BCUT2D eigenvalue weighted by Gasteiger charge is 2.23. The first-order valence-electron chi connectivity index (χ1n) is 5.60. The lowest BCUT2D eigenvalue weighted by Gasteiger charge is -2.01. The van der Waals surface area contributed by atoms with Gasteiger partial charge in [-0.2, -0.15) is 0 Å². The molecule has 0 aliphatic rings. The van der Waals surface area contributed by atoms with Gasteiger partial charge in [-0.3, -0.25) is 9.59 Å². The zero-order valence-corrected chi connectivity index (χ0v) is 11.3. The molecule has 0 unspecified atom stereocenters. The maximum absolute atomic E-state index is 12.3. The molecule has 0 saturated carbocycles. The van der Waals surface area contributed by atoms with Crippen molar-refractivity contribution < 1.29 is 19.4 Å². The molecule has 0 spiro atoms. The van der Waals surface area contributed by atoms with Crippen molar-refractivity contribution in [1.29, 1.82) is 0 Å². The number of aromatic nitrogens is 1. The summed E-state index contributed by atoms with van der Waals surface area (Å²) in [6.07, 6.45) is -0.167. The third-order valence-corrected chi connectivity index (χ3v) is 3.67. The molecule has 5 nitrogen and oxygen atoms in total. The highest BCUT2D eigenvalue weighted by atomic mass is 32.1. The number of ketones is 1. The van der Waals surface area contributed by atoms with Gasteiger partial charge >= 0.3 is 5.97 Å². The Morgan fingerprint density at radius 1 is 1.47 bits per heavy atom. The van der Waals surface area contributed by atoms with Crippen LogP contribution in [-0.2, 0) is 11.2 Å². The van der Waals surface area contributed by atoms with Crippen molar-refractivity contribution in [3.63, 3.8) is 0 Å². The molecular formula is C13H13NO4S. The summed E-state index contributed by atoms with van der Waals surface area (Å²) in [5.41, 5.74) is 1.45. The summed E-state index contributed by atoms with van der Waals surface area (Å²) in [5, 5.41) is 10.7. The summed E-state index contributed by atoms with van der Waals surface area (Å²) < 4.78 is 5.22. The average molecular weight is 279 g/mol. The number of nitrogens with one attached hydrogen (secondary N) is 1. The number of ether oxygens (including phenoxy) is 1.